The van der Waals surface area contributed by atoms with Gasteiger partial charge in [-0.3, -0.25) is 15.5 Å². The van der Waals surface area contributed by atoms with Gasteiger partial charge >= 0.3 is 0 Å². The predicted molar refractivity (Wildman–Crippen MR) is 84.9 cm³/mol. The van der Waals surface area contributed by atoms with Crippen LogP contribution in [0.25, 0.3) is 11.3 Å². The van der Waals surface area contributed by atoms with Crippen molar-refractivity contribution in [2.24, 2.45) is 10.8 Å². The Morgan fingerprint density at radius 3 is 2.91 bits per heavy atom. The van der Waals surface area contributed by atoms with Crippen LogP contribution in [0, 0.1) is 10.1 Å². The number of nitrogens with one attached hydrogen (secondary N) is 1. The van der Waals surface area contributed by atoms with E-state index in [0.29, 0.717) is 22.8 Å². The van der Waals surface area contributed by atoms with Crippen LogP contribution in [0.4, 0.5) is 5.69 Å². The minimum Gasteiger partial charge on any atom is -0.497 e. The van der Waals surface area contributed by atoms with Crippen molar-refractivity contribution in [1.29, 1.82) is 0 Å². The second-order valence-electron chi connectivity index (χ2n) is 4.08. The van der Waals surface area contributed by atoms with Crippen LogP contribution in [0.3, 0.4) is 0 Å². The van der Waals surface area contributed by atoms with Crippen LogP contribution in [-0.2, 0) is 0 Å². The quantitative estimate of drug-likeness (QED) is 0.375. The number of furan rings is 1. The van der Waals surface area contributed by atoms with Crippen molar-refractivity contribution in [2.45, 2.75) is 0 Å². The molecule has 0 saturated heterocycles. The second-order valence-corrected chi connectivity index (χ2v) is 4.52. The SMILES string of the molecule is COc1ccc(-c2ccc(/C=N\NC(N)=S)o2)c([N+](=O)[O-])c1. The minimum atomic E-state index is -0.497. The van der Waals surface area contributed by atoms with Gasteiger partial charge in [0, 0.05) is 0 Å². The molecule has 114 valence electrons. The van der Waals surface area contributed by atoms with Crippen molar-refractivity contribution < 1.29 is 14.1 Å². The molecular weight excluding hydrogens is 308 g/mol. The lowest BCUT2D eigenvalue weighted by Crippen LogP contribution is -2.23. The highest BCUT2D eigenvalue weighted by Crippen LogP contribution is 2.33. The molecule has 8 nitrogen and oxygen atoms in total. The molecule has 0 aliphatic rings. The highest BCUT2D eigenvalue weighted by atomic mass is 32.1. The molecule has 0 atom stereocenters. The van der Waals surface area contributed by atoms with E-state index in [1.165, 1.54) is 19.4 Å². The Bertz CT molecular complexity index is 741. The summed E-state index contributed by atoms with van der Waals surface area (Å²) in [5, 5.41) is 14.9. The first-order chi connectivity index (χ1) is 10.5. The zero-order valence-electron chi connectivity index (χ0n) is 11.5. The molecule has 0 bridgehead atoms. The minimum absolute atomic E-state index is 0.0221. The standard InChI is InChI=1S/C13H12N4O4S/c1-20-8-2-4-10(11(6-8)17(18)19)12-5-3-9(21-12)7-15-16-13(14)22/h2-7H,1H3,(H3,14,16,22)/b15-7-. The van der Waals surface area contributed by atoms with Gasteiger partial charge in [0.05, 0.1) is 29.9 Å². The van der Waals surface area contributed by atoms with Crippen molar-refractivity contribution in [2.75, 3.05) is 7.11 Å². The third-order valence-electron chi connectivity index (χ3n) is 2.66. The molecule has 2 aromatic rings. The molecule has 0 unspecified atom stereocenters. The van der Waals surface area contributed by atoms with E-state index in [4.69, 9.17) is 14.9 Å². The number of ether oxygens (including phenoxy) is 1. The summed E-state index contributed by atoms with van der Waals surface area (Å²) in [6.45, 7) is 0. The fraction of sp³-hybridized carbons (Fsp3) is 0.0769. The molecule has 0 aliphatic heterocycles. The normalized spacial score (nSPS) is 10.6. The lowest BCUT2D eigenvalue weighted by atomic mass is 10.1. The Balaban J connectivity index is 2.32. The summed E-state index contributed by atoms with van der Waals surface area (Å²) >= 11 is 4.60. The van der Waals surface area contributed by atoms with Crippen LogP contribution in [0.2, 0.25) is 0 Å². The van der Waals surface area contributed by atoms with Gasteiger partial charge in [0.25, 0.3) is 5.69 Å². The number of hydrogen-bond donors (Lipinski definition) is 2. The monoisotopic (exact) mass is 320 g/mol. The van der Waals surface area contributed by atoms with E-state index in [2.05, 4.69) is 22.7 Å². The fourth-order valence-electron chi connectivity index (χ4n) is 1.72. The van der Waals surface area contributed by atoms with Crippen LogP contribution in [0.5, 0.6) is 5.75 Å². The van der Waals surface area contributed by atoms with Crippen LogP contribution in [0.15, 0.2) is 39.9 Å². The number of hydrogen-bond acceptors (Lipinski definition) is 6. The van der Waals surface area contributed by atoms with Crippen molar-refractivity contribution in [3.8, 4) is 17.1 Å². The van der Waals surface area contributed by atoms with Gasteiger partial charge in [0.2, 0.25) is 0 Å². The van der Waals surface area contributed by atoms with Gasteiger partial charge in [-0.15, -0.1) is 0 Å². The number of nitrogens with two attached hydrogens (primary N) is 1. The summed E-state index contributed by atoms with van der Waals surface area (Å²) in [5.41, 5.74) is 7.83. The van der Waals surface area contributed by atoms with Crippen molar-refractivity contribution in [3.63, 3.8) is 0 Å². The Labute approximate surface area is 130 Å². The van der Waals surface area contributed by atoms with Crippen LogP contribution < -0.4 is 15.9 Å². The molecule has 0 radical (unpaired) electrons. The number of nitro groups is 1. The topological polar surface area (TPSA) is 116 Å². The lowest BCUT2D eigenvalue weighted by molar-refractivity contribution is -0.384. The molecule has 9 heteroatoms. The first kappa shape index (κ1) is 15.4. The molecule has 0 amide bonds. The van der Waals surface area contributed by atoms with E-state index in [9.17, 15) is 10.1 Å². The number of rotatable bonds is 5. The highest BCUT2D eigenvalue weighted by Gasteiger charge is 2.19. The molecule has 2 rings (SSSR count). The van der Waals surface area contributed by atoms with E-state index < -0.39 is 4.92 Å². The summed E-state index contributed by atoms with van der Waals surface area (Å²) < 4.78 is 10.5. The number of nitro benzene ring substituents is 1. The Morgan fingerprint density at radius 1 is 1.50 bits per heavy atom. The Kier molecular flexibility index (Phi) is 4.69. The molecule has 1 aromatic carbocycles. The Hall–Kier alpha value is -2.94. The third kappa shape index (κ3) is 3.58. The van der Waals surface area contributed by atoms with E-state index in [1.807, 2.05) is 0 Å². The van der Waals surface area contributed by atoms with Crippen molar-refractivity contribution in [1.82, 2.24) is 5.43 Å². The van der Waals surface area contributed by atoms with Crippen LogP contribution in [-0.4, -0.2) is 23.4 Å². The summed E-state index contributed by atoms with van der Waals surface area (Å²) in [7, 11) is 1.44. The Morgan fingerprint density at radius 2 is 2.27 bits per heavy atom. The molecular formula is C13H12N4O4S. The van der Waals surface area contributed by atoms with Crippen molar-refractivity contribution in [3.05, 3.63) is 46.2 Å². The fourth-order valence-corrected chi connectivity index (χ4v) is 1.78. The maximum Gasteiger partial charge on any atom is 0.284 e. The molecule has 0 saturated carbocycles. The number of nitrogens with zero attached hydrogens (tertiary/aromatic N) is 2. The third-order valence-corrected chi connectivity index (χ3v) is 2.75. The number of methoxy groups -OCH3 is 1. The average molecular weight is 320 g/mol. The van der Waals surface area contributed by atoms with Gasteiger partial charge in [0.15, 0.2) is 5.11 Å². The first-order valence-electron chi connectivity index (χ1n) is 6.02. The predicted octanol–water partition coefficient (Wildman–Crippen LogP) is 2.03. The van der Waals surface area contributed by atoms with Gasteiger partial charge in [0.1, 0.15) is 17.3 Å². The molecule has 3 N–H and O–H groups in total. The van der Waals surface area contributed by atoms with Gasteiger partial charge in [-0.1, -0.05) is 0 Å². The zero-order chi connectivity index (χ0) is 16.1. The van der Waals surface area contributed by atoms with E-state index in [-0.39, 0.29) is 10.8 Å². The average Bonchev–Trinajstić information content (AvgIpc) is 2.94. The molecule has 0 fully saturated rings. The molecule has 22 heavy (non-hydrogen) atoms. The molecule has 1 heterocycles. The number of hydrazone groups is 1. The number of benzene rings is 1. The summed E-state index contributed by atoms with van der Waals surface area (Å²) in [6, 6.07) is 7.74. The number of thiocarbonyl (C=S) groups is 1. The smallest absolute Gasteiger partial charge is 0.284 e. The maximum absolute atomic E-state index is 11.2. The zero-order valence-corrected chi connectivity index (χ0v) is 12.3. The van der Waals surface area contributed by atoms with Gasteiger partial charge in [-0.25, -0.2) is 0 Å². The largest absolute Gasteiger partial charge is 0.497 e. The van der Waals surface area contributed by atoms with Gasteiger partial charge in [-0.2, -0.15) is 5.10 Å². The van der Waals surface area contributed by atoms with Gasteiger partial charge in [-0.05, 0) is 36.5 Å². The molecule has 1 aromatic heterocycles. The maximum atomic E-state index is 11.2. The second kappa shape index (κ2) is 6.68. The van der Waals surface area contributed by atoms with Crippen molar-refractivity contribution >= 4 is 29.2 Å². The van der Waals surface area contributed by atoms with Crippen LogP contribution in [0.1, 0.15) is 5.76 Å². The van der Waals surface area contributed by atoms with Gasteiger partial charge < -0.3 is 14.9 Å². The van der Waals surface area contributed by atoms with E-state index in [0.717, 1.165) is 0 Å². The highest BCUT2D eigenvalue weighted by molar-refractivity contribution is 7.80. The summed E-state index contributed by atoms with van der Waals surface area (Å²) in [6.07, 6.45) is 1.36. The van der Waals surface area contributed by atoms with Crippen LogP contribution >= 0.6 is 12.2 Å². The summed E-state index contributed by atoms with van der Waals surface area (Å²) in [4.78, 5) is 10.7. The first-order valence-corrected chi connectivity index (χ1v) is 6.43. The summed E-state index contributed by atoms with van der Waals surface area (Å²) in [5.74, 6) is 1.12. The molecule has 0 aliphatic carbocycles. The lowest BCUT2D eigenvalue weighted by Gasteiger charge is -2.03. The van der Waals surface area contributed by atoms with E-state index in [1.54, 1.807) is 24.3 Å². The molecule has 0 spiro atoms. The van der Waals surface area contributed by atoms with E-state index >= 15 is 0 Å².